The van der Waals surface area contributed by atoms with Crippen LogP contribution in [0.2, 0.25) is 0 Å². The highest BCUT2D eigenvalue weighted by Gasteiger charge is 2.35. The lowest BCUT2D eigenvalue weighted by molar-refractivity contribution is -0.147. The average molecular weight is 450 g/mol. The summed E-state index contributed by atoms with van der Waals surface area (Å²) in [7, 11) is 1.64. The van der Waals surface area contributed by atoms with Gasteiger partial charge >= 0.3 is 0 Å². The zero-order valence-electron chi connectivity index (χ0n) is 19.8. The topological polar surface area (TPSA) is 53.1 Å². The van der Waals surface area contributed by atoms with E-state index in [2.05, 4.69) is 36.1 Å². The van der Waals surface area contributed by atoms with Crippen LogP contribution < -0.4 is 4.74 Å². The van der Waals surface area contributed by atoms with Crippen molar-refractivity contribution in [1.82, 2.24) is 14.7 Å². The van der Waals surface area contributed by atoms with Gasteiger partial charge in [0.25, 0.3) is 0 Å². The van der Waals surface area contributed by atoms with E-state index < -0.39 is 0 Å². The van der Waals surface area contributed by atoms with Crippen molar-refractivity contribution in [2.24, 2.45) is 0 Å². The molecule has 2 fully saturated rings. The maximum Gasteiger partial charge on any atom is 0.245 e. The van der Waals surface area contributed by atoms with Crippen molar-refractivity contribution < 1.29 is 14.3 Å². The molecule has 0 bridgehead atoms. The maximum atomic E-state index is 13.6. The van der Waals surface area contributed by atoms with Crippen molar-refractivity contribution in [2.75, 3.05) is 33.3 Å². The van der Waals surface area contributed by atoms with Crippen molar-refractivity contribution in [2.45, 2.75) is 51.7 Å². The zero-order chi connectivity index (χ0) is 23.2. The Morgan fingerprint density at radius 2 is 1.73 bits per heavy atom. The van der Waals surface area contributed by atoms with Crippen LogP contribution >= 0.6 is 0 Å². The Labute approximate surface area is 197 Å². The Morgan fingerprint density at radius 3 is 2.45 bits per heavy atom. The van der Waals surface area contributed by atoms with Gasteiger partial charge in [0.2, 0.25) is 11.8 Å². The highest BCUT2D eigenvalue weighted by molar-refractivity contribution is 5.88. The predicted octanol–water partition coefficient (Wildman–Crippen LogP) is 3.62. The number of rotatable bonds is 6. The number of likely N-dealkylation sites (tertiary alicyclic amines) is 1. The van der Waals surface area contributed by atoms with Gasteiger partial charge in [-0.2, -0.15) is 0 Å². The van der Waals surface area contributed by atoms with Crippen LogP contribution in [0, 0.1) is 6.92 Å². The van der Waals surface area contributed by atoms with Crippen LogP contribution in [0.3, 0.4) is 0 Å². The van der Waals surface area contributed by atoms with Gasteiger partial charge in [0.05, 0.1) is 7.11 Å². The number of amides is 2. The zero-order valence-corrected chi connectivity index (χ0v) is 19.8. The van der Waals surface area contributed by atoms with Gasteiger partial charge < -0.3 is 14.5 Å². The van der Waals surface area contributed by atoms with Crippen LogP contribution in [0.4, 0.5) is 0 Å². The van der Waals surface area contributed by atoms with Crippen molar-refractivity contribution >= 4 is 11.8 Å². The van der Waals surface area contributed by atoms with Crippen molar-refractivity contribution in [3.8, 4) is 5.75 Å². The summed E-state index contributed by atoms with van der Waals surface area (Å²) in [6.07, 6.45) is 3.00. The molecular formula is C27H35N3O3. The van der Waals surface area contributed by atoms with Crippen LogP contribution in [0.15, 0.2) is 48.5 Å². The number of hydrogen-bond donors (Lipinski definition) is 0. The first kappa shape index (κ1) is 23.3. The number of piperazine rings is 1. The maximum absolute atomic E-state index is 13.6. The molecule has 2 heterocycles. The Kier molecular flexibility index (Phi) is 7.65. The predicted molar refractivity (Wildman–Crippen MR) is 129 cm³/mol. The number of aryl methyl sites for hydroxylation is 1. The van der Waals surface area contributed by atoms with Crippen LogP contribution in [0.5, 0.6) is 5.75 Å². The molecule has 6 nitrogen and oxygen atoms in total. The molecule has 1 atom stereocenters. The van der Waals surface area contributed by atoms with E-state index in [1.807, 2.05) is 34.1 Å². The van der Waals surface area contributed by atoms with Gasteiger partial charge in [-0.15, -0.1) is 0 Å². The Morgan fingerprint density at radius 1 is 0.970 bits per heavy atom. The first-order valence-corrected chi connectivity index (χ1v) is 12.0. The molecule has 0 saturated carbocycles. The van der Waals surface area contributed by atoms with E-state index in [1.165, 1.54) is 11.1 Å². The molecule has 4 rings (SSSR count). The normalized spacial score (nSPS) is 19.9. The fourth-order valence-electron chi connectivity index (χ4n) is 4.80. The molecule has 0 aliphatic carbocycles. The summed E-state index contributed by atoms with van der Waals surface area (Å²) in [4.78, 5) is 32.7. The van der Waals surface area contributed by atoms with Crippen LogP contribution in [-0.4, -0.2) is 65.8 Å². The molecule has 0 N–H and O–H groups in total. The lowest BCUT2D eigenvalue weighted by atomic mass is 10.1. The minimum atomic E-state index is -0.380. The molecule has 0 spiro atoms. The third kappa shape index (κ3) is 5.93. The molecule has 176 valence electrons. The van der Waals surface area contributed by atoms with E-state index in [-0.39, 0.29) is 17.9 Å². The first-order valence-electron chi connectivity index (χ1n) is 12.0. The van der Waals surface area contributed by atoms with E-state index >= 15 is 0 Å². The molecular weight excluding hydrogens is 414 g/mol. The summed E-state index contributed by atoms with van der Waals surface area (Å²) in [5.41, 5.74) is 3.56. The van der Waals surface area contributed by atoms with Crippen molar-refractivity contribution in [1.29, 1.82) is 0 Å². The van der Waals surface area contributed by atoms with Gasteiger partial charge in [-0.1, -0.05) is 48.4 Å². The molecule has 2 aromatic carbocycles. The average Bonchev–Trinajstić information content (AvgIpc) is 3.02. The van der Waals surface area contributed by atoms with E-state index in [0.717, 1.165) is 50.2 Å². The first-order chi connectivity index (χ1) is 16.0. The van der Waals surface area contributed by atoms with Gasteiger partial charge in [-0.25, -0.2) is 0 Å². The second-order valence-corrected chi connectivity index (χ2v) is 9.22. The summed E-state index contributed by atoms with van der Waals surface area (Å²) < 4.78 is 5.34. The quantitative estimate of drug-likeness (QED) is 0.676. The second kappa shape index (κ2) is 10.8. The minimum Gasteiger partial charge on any atom is -0.497 e. The van der Waals surface area contributed by atoms with Gasteiger partial charge in [0.15, 0.2) is 0 Å². The largest absolute Gasteiger partial charge is 0.497 e. The SMILES string of the molecule is COc1cccc(CN2C(=O)CCCCC2C(=O)N2CCN(Cc3ccc(C)cc3)CC2)c1. The fourth-order valence-corrected chi connectivity index (χ4v) is 4.80. The molecule has 2 saturated heterocycles. The lowest BCUT2D eigenvalue weighted by Crippen LogP contribution is -2.55. The number of nitrogens with zero attached hydrogens (tertiary/aromatic N) is 3. The standard InChI is InChI=1S/C27H35N3O3/c1-21-10-12-22(13-11-21)19-28-14-16-29(17-15-28)27(32)25-8-3-4-9-26(31)30(25)20-23-6-5-7-24(18-23)33-2/h5-7,10-13,18,25H,3-4,8-9,14-17,19-20H2,1-2H3. The molecule has 2 aliphatic rings. The Hall–Kier alpha value is -2.86. The Balaban J connectivity index is 1.40. The highest BCUT2D eigenvalue weighted by atomic mass is 16.5. The summed E-state index contributed by atoms with van der Waals surface area (Å²) >= 11 is 0. The number of methoxy groups -OCH3 is 1. The molecule has 0 radical (unpaired) electrons. The van der Waals surface area contributed by atoms with Crippen molar-refractivity contribution in [3.63, 3.8) is 0 Å². The second-order valence-electron chi connectivity index (χ2n) is 9.22. The summed E-state index contributed by atoms with van der Waals surface area (Å²) in [5.74, 6) is 0.942. The number of carbonyl (C=O) groups is 2. The summed E-state index contributed by atoms with van der Waals surface area (Å²) in [6, 6.07) is 16.0. The third-order valence-electron chi connectivity index (χ3n) is 6.80. The Bertz CT molecular complexity index is 951. The van der Waals surface area contributed by atoms with Gasteiger partial charge in [-0.3, -0.25) is 14.5 Å². The van der Waals surface area contributed by atoms with Crippen LogP contribution in [-0.2, 0) is 22.7 Å². The summed E-state index contributed by atoms with van der Waals surface area (Å²) in [5, 5.41) is 0. The van der Waals surface area contributed by atoms with Crippen LogP contribution in [0.1, 0.15) is 42.4 Å². The van der Waals surface area contributed by atoms with E-state index in [1.54, 1.807) is 7.11 Å². The van der Waals surface area contributed by atoms with Crippen molar-refractivity contribution in [3.05, 3.63) is 65.2 Å². The minimum absolute atomic E-state index is 0.0756. The summed E-state index contributed by atoms with van der Waals surface area (Å²) in [6.45, 7) is 6.59. The molecule has 1 unspecified atom stereocenters. The lowest BCUT2D eigenvalue weighted by Gasteiger charge is -2.39. The van der Waals surface area contributed by atoms with Crippen LogP contribution in [0.25, 0.3) is 0 Å². The molecule has 2 amide bonds. The number of hydrogen-bond acceptors (Lipinski definition) is 4. The third-order valence-corrected chi connectivity index (χ3v) is 6.80. The molecule has 6 heteroatoms. The van der Waals surface area contributed by atoms with E-state index in [0.29, 0.717) is 26.1 Å². The fraction of sp³-hybridized carbons (Fsp3) is 0.481. The van der Waals surface area contributed by atoms with Gasteiger partial charge in [-0.05, 0) is 43.0 Å². The van der Waals surface area contributed by atoms with Gasteiger partial charge in [0, 0.05) is 45.7 Å². The number of ether oxygens (including phenoxy) is 1. The smallest absolute Gasteiger partial charge is 0.245 e. The number of benzene rings is 2. The molecule has 2 aromatic rings. The monoisotopic (exact) mass is 449 g/mol. The molecule has 33 heavy (non-hydrogen) atoms. The highest BCUT2D eigenvalue weighted by Crippen LogP contribution is 2.24. The molecule has 2 aliphatic heterocycles. The number of carbonyl (C=O) groups excluding carboxylic acids is 2. The van der Waals surface area contributed by atoms with Gasteiger partial charge in [0.1, 0.15) is 11.8 Å². The van der Waals surface area contributed by atoms with E-state index in [9.17, 15) is 9.59 Å². The van der Waals surface area contributed by atoms with E-state index in [4.69, 9.17) is 4.74 Å². The molecule has 0 aromatic heterocycles.